The molecule has 0 aliphatic carbocycles. The van der Waals surface area contributed by atoms with Gasteiger partial charge in [0, 0.05) is 15.3 Å². The van der Waals surface area contributed by atoms with E-state index in [0.717, 1.165) is 21.0 Å². The zero-order valence-electron chi connectivity index (χ0n) is 15.6. The van der Waals surface area contributed by atoms with E-state index < -0.39 is 17.7 Å². The van der Waals surface area contributed by atoms with Crippen molar-refractivity contribution >= 4 is 45.3 Å². The Morgan fingerprint density at radius 1 is 1.11 bits per heavy atom. The number of anilines is 1. The lowest BCUT2D eigenvalue weighted by Crippen LogP contribution is -2.29. The first-order valence-electron chi connectivity index (χ1n) is 8.74. The molecule has 3 aromatic rings. The molecule has 1 saturated heterocycles. The maximum Gasteiger partial charge on any atom is 0.301 e. The number of carbonyl (C=O) groups is 2. The van der Waals surface area contributed by atoms with Crippen molar-refractivity contribution in [2.75, 3.05) is 4.90 Å². The van der Waals surface area contributed by atoms with Gasteiger partial charge >= 0.3 is 5.91 Å². The second-order valence-electron chi connectivity index (χ2n) is 6.69. The Bertz CT molecular complexity index is 1080. The number of carbonyl (C=O) groups excluding carboxylic acids is 2. The molecule has 0 radical (unpaired) electrons. The van der Waals surface area contributed by atoms with Crippen molar-refractivity contribution in [2.24, 2.45) is 0 Å². The Morgan fingerprint density at radius 3 is 2.39 bits per heavy atom. The van der Waals surface area contributed by atoms with Gasteiger partial charge in [-0.2, -0.15) is 0 Å². The van der Waals surface area contributed by atoms with Crippen LogP contribution in [0.25, 0.3) is 5.76 Å². The molecule has 3 heterocycles. The van der Waals surface area contributed by atoms with Gasteiger partial charge < -0.3 is 5.11 Å². The molecule has 0 bridgehead atoms. The van der Waals surface area contributed by atoms with Crippen LogP contribution >= 0.6 is 22.7 Å². The smallest absolute Gasteiger partial charge is 0.301 e. The van der Waals surface area contributed by atoms with Gasteiger partial charge in [0.25, 0.3) is 5.78 Å². The zero-order valence-corrected chi connectivity index (χ0v) is 17.2. The number of aromatic nitrogens is 1. The fraction of sp³-hybridized carbons (Fsp3) is 0.190. The summed E-state index contributed by atoms with van der Waals surface area (Å²) in [6, 6.07) is 10.3. The van der Waals surface area contributed by atoms with Gasteiger partial charge in [0.1, 0.15) is 11.8 Å². The van der Waals surface area contributed by atoms with Crippen LogP contribution in [0.1, 0.15) is 32.6 Å². The maximum atomic E-state index is 12.9. The highest BCUT2D eigenvalue weighted by molar-refractivity contribution is 7.16. The molecule has 142 valence electrons. The molecule has 1 atom stereocenters. The van der Waals surface area contributed by atoms with E-state index in [0.29, 0.717) is 10.7 Å². The summed E-state index contributed by atoms with van der Waals surface area (Å²) in [6.45, 7) is 5.75. The molecule has 1 N–H and O–H groups in total. The van der Waals surface area contributed by atoms with Crippen molar-refractivity contribution < 1.29 is 14.7 Å². The van der Waals surface area contributed by atoms with Crippen LogP contribution in [0.4, 0.5) is 5.13 Å². The molecule has 1 aliphatic rings. The van der Waals surface area contributed by atoms with Gasteiger partial charge in [-0.25, -0.2) is 4.98 Å². The Labute approximate surface area is 170 Å². The quantitative estimate of drug-likeness (QED) is 0.384. The standard InChI is InChI=1S/C21H18N2O3S2/c1-11-6-8-14(9-7-11)18(24)16-17(15-5-4-10-27-15)23(20(26)19(16)25)21-22-12(2)13(3)28-21/h4-10,17,24H,1-3H3/t17-/m0/s1. The van der Waals surface area contributed by atoms with E-state index >= 15 is 0 Å². The van der Waals surface area contributed by atoms with E-state index in [4.69, 9.17) is 0 Å². The van der Waals surface area contributed by atoms with Crippen LogP contribution in [0, 0.1) is 20.8 Å². The average Bonchev–Trinajstić information content (AvgIpc) is 3.36. The highest BCUT2D eigenvalue weighted by Crippen LogP contribution is 2.44. The number of thiophene rings is 1. The Hall–Kier alpha value is -2.77. The number of hydrogen-bond acceptors (Lipinski definition) is 6. The van der Waals surface area contributed by atoms with Crippen molar-refractivity contribution in [3.63, 3.8) is 0 Å². The largest absolute Gasteiger partial charge is 0.507 e. The number of amides is 1. The Balaban J connectivity index is 1.92. The van der Waals surface area contributed by atoms with Crippen molar-refractivity contribution in [1.29, 1.82) is 0 Å². The number of Topliss-reactive ketones (excluding diaryl/α,β-unsaturated/α-hetero) is 1. The van der Waals surface area contributed by atoms with Crippen molar-refractivity contribution in [2.45, 2.75) is 26.8 Å². The van der Waals surface area contributed by atoms with E-state index in [1.807, 2.05) is 50.4 Å². The number of nitrogens with zero attached hydrogens (tertiary/aromatic N) is 2. The lowest BCUT2D eigenvalue weighted by Gasteiger charge is -2.21. The number of benzene rings is 1. The monoisotopic (exact) mass is 410 g/mol. The molecule has 0 unspecified atom stereocenters. The van der Waals surface area contributed by atoms with Gasteiger partial charge in [-0.1, -0.05) is 35.9 Å². The first-order chi connectivity index (χ1) is 13.4. The lowest BCUT2D eigenvalue weighted by molar-refractivity contribution is -0.132. The third kappa shape index (κ3) is 2.96. The molecule has 1 aliphatic heterocycles. The number of thiazole rings is 1. The van der Waals surface area contributed by atoms with E-state index in [9.17, 15) is 14.7 Å². The molecule has 5 nitrogen and oxygen atoms in total. The van der Waals surface area contributed by atoms with Crippen LogP contribution < -0.4 is 4.90 Å². The Kier molecular flexibility index (Phi) is 4.64. The molecular weight excluding hydrogens is 392 g/mol. The summed E-state index contributed by atoms with van der Waals surface area (Å²) in [5, 5.41) is 13.3. The minimum absolute atomic E-state index is 0.0989. The molecule has 1 aromatic carbocycles. The third-order valence-electron chi connectivity index (χ3n) is 4.81. The van der Waals surface area contributed by atoms with E-state index in [-0.39, 0.29) is 11.3 Å². The first kappa shape index (κ1) is 18.6. The average molecular weight is 411 g/mol. The van der Waals surface area contributed by atoms with Crippen LogP contribution in [-0.4, -0.2) is 21.8 Å². The molecule has 28 heavy (non-hydrogen) atoms. The summed E-state index contributed by atoms with van der Waals surface area (Å²) in [6.07, 6.45) is 0. The summed E-state index contributed by atoms with van der Waals surface area (Å²) >= 11 is 2.81. The second kappa shape index (κ2) is 7.00. The first-order valence-corrected chi connectivity index (χ1v) is 10.4. The van der Waals surface area contributed by atoms with Gasteiger partial charge in [-0.3, -0.25) is 14.5 Å². The summed E-state index contributed by atoms with van der Waals surface area (Å²) < 4.78 is 0. The van der Waals surface area contributed by atoms with E-state index in [2.05, 4.69) is 4.98 Å². The topological polar surface area (TPSA) is 70.5 Å². The summed E-state index contributed by atoms with van der Waals surface area (Å²) in [5.41, 5.74) is 2.48. The highest BCUT2D eigenvalue weighted by Gasteiger charge is 2.48. The molecule has 4 rings (SSSR count). The fourth-order valence-electron chi connectivity index (χ4n) is 3.17. The second-order valence-corrected chi connectivity index (χ2v) is 8.85. The van der Waals surface area contributed by atoms with Gasteiger partial charge in [0.05, 0.1) is 11.3 Å². The molecule has 2 aromatic heterocycles. The molecule has 0 saturated carbocycles. The van der Waals surface area contributed by atoms with Crippen LogP contribution in [0.2, 0.25) is 0 Å². The summed E-state index contributed by atoms with van der Waals surface area (Å²) in [4.78, 5) is 33.6. The van der Waals surface area contributed by atoms with Crippen molar-refractivity contribution in [3.05, 3.63) is 73.9 Å². The molecule has 1 amide bonds. The number of rotatable bonds is 3. The highest BCUT2D eigenvalue weighted by atomic mass is 32.1. The van der Waals surface area contributed by atoms with Gasteiger partial charge in [-0.15, -0.1) is 22.7 Å². The maximum absolute atomic E-state index is 12.9. The van der Waals surface area contributed by atoms with E-state index in [1.54, 1.807) is 12.1 Å². The molecule has 1 fully saturated rings. The van der Waals surface area contributed by atoms with Crippen LogP contribution in [-0.2, 0) is 9.59 Å². The molecule has 7 heteroatoms. The molecular formula is C21H18N2O3S2. The van der Waals surface area contributed by atoms with Gasteiger partial charge in [0.15, 0.2) is 5.13 Å². The van der Waals surface area contributed by atoms with Crippen molar-refractivity contribution in [1.82, 2.24) is 4.98 Å². The van der Waals surface area contributed by atoms with Crippen LogP contribution in [0.5, 0.6) is 0 Å². The number of aliphatic hydroxyl groups excluding tert-OH is 1. The zero-order chi connectivity index (χ0) is 20.0. The lowest BCUT2D eigenvalue weighted by atomic mass is 9.99. The van der Waals surface area contributed by atoms with Gasteiger partial charge in [0.2, 0.25) is 0 Å². The number of aryl methyl sites for hydroxylation is 3. The normalized spacial score (nSPS) is 18.8. The minimum Gasteiger partial charge on any atom is -0.507 e. The fourth-order valence-corrected chi connectivity index (χ4v) is 4.93. The Morgan fingerprint density at radius 2 is 1.82 bits per heavy atom. The number of hydrogen-bond donors (Lipinski definition) is 1. The predicted octanol–water partition coefficient (Wildman–Crippen LogP) is 4.76. The summed E-state index contributed by atoms with van der Waals surface area (Å²) in [5.74, 6) is -1.52. The minimum atomic E-state index is -0.693. The summed E-state index contributed by atoms with van der Waals surface area (Å²) in [7, 11) is 0. The third-order valence-corrected chi connectivity index (χ3v) is 6.80. The number of aliphatic hydroxyl groups is 1. The van der Waals surface area contributed by atoms with Crippen LogP contribution in [0.15, 0.2) is 47.4 Å². The van der Waals surface area contributed by atoms with Crippen molar-refractivity contribution in [3.8, 4) is 0 Å². The number of ketones is 1. The van der Waals surface area contributed by atoms with Gasteiger partial charge in [-0.05, 0) is 32.2 Å². The van der Waals surface area contributed by atoms with Crippen LogP contribution in [0.3, 0.4) is 0 Å². The SMILES string of the molecule is Cc1ccc(C(O)=C2C(=O)C(=O)N(c3nc(C)c(C)s3)[C@H]2c2cccs2)cc1. The predicted molar refractivity (Wildman–Crippen MR) is 112 cm³/mol. The van der Waals surface area contributed by atoms with E-state index in [1.165, 1.54) is 27.6 Å². The molecule has 0 spiro atoms.